The monoisotopic (exact) mass is 264 g/mol. The van der Waals surface area contributed by atoms with Gasteiger partial charge in [-0.15, -0.1) is 0 Å². The lowest BCUT2D eigenvalue weighted by Gasteiger charge is -2.13. The molecule has 2 unspecified atom stereocenters. The number of nitrogens with two attached hydrogens (primary N) is 1. The molecule has 0 bridgehead atoms. The van der Waals surface area contributed by atoms with Crippen molar-refractivity contribution in [2.45, 2.75) is 19.5 Å². The van der Waals surface area contributed by atoms with Gasteiger partial charge in [0, 0.05) is 12.6 Å². The summed E-state index contributed by atoms with van der Waals surface area (Å²) in [6, 6.07) is 7.49. The van der Waals surface area contributed by atoms with E-state index in [9.17, 15) is 4.79 Å². The van der Waals surface area contributed by atoms with Gasteiger partial charge in [0.05, 0.1) is 25.7 Å². The zero-order valence-corrected chi connectivity index (χ0v) is 11.1. The minimum absolute atomic E-state index is 0.0492. The number of hydrogen-bond donors (Lipinski definition) is 2. The van der Waals surface area contributed by atoms with Crippen LogP contribution in [0.4, 0.5) is 0 Å². The van der Waals surface area contributed by atoms with E-state index in [0.29, 0.717) is 26.4 Å². The van der Waals surface area contributed by atoms with E-state index >= 15 is 0 Å². The van der Waals surface area contributed by atoms with Crippen LogP contribution in [0, 0.1) is 5.92 Å². The van der Waals surface area contributed by atoms with Crippen molar-refractivity contribution < 1.29 is 14.3 Å². The number of carbonyl (C=O) groups excluding carboxylic acids is 1. The molecule has 1 aliphatic heterocycles. The van der Waals surface area contributed by atoms with Crippen LogP contribution >= 0.6 is 0 Å². The summed E-state index contributed by atoms with van der Waals surface area (Å²) in [5.41, 5.74) is 6.81. The summed E-state index contributed by atoms with van der Waals surface area (Å²) in [6.45, 7) is 3.91. The van der Waals surface area contributed by atoms with Gasteiger partial charge in [0.2, 0.25) is 5.91 Å². The second kappa shape index (κ2) is 6.54. The van der Waals surface area contributed by atoms with Crippen LogP contribution in [0.1, 0.15) is 12.5 Å². The molecule has 1 saturated heterocycles. The maximum absolute atomic E-state index is 11.9. The fraction of sp³-hybridized carbons (Fsp3) is 0.500. The van der Waals surface area contributed by atoms with Crippen molar-refractivity contribution in [1.29, 1.82) is 0 Å². The third-order valence-electron chi connectivity index (χ3n) is 3.14. The van der Waals surface area contributed by atoms with Crippen molar-refractivity contribution in [1.82, 2.24) is 5.32 Å². The van der Waals surface area contributed by atoms with Crippen molar-refractivity contribution >= 4 is 5.91 Å². The van der Waals surface area contributed by atoms with E-state index < -0.39 is 0 Å². The Kier molecular flexibility index (Phi) is 4.76. The lowest BCUT2D eigenvalue weighted by atomic mass is 10.0. The topological polar surface area (TPSA) is 73.6 Å². The molecule has 3 N–H and O–H groups in total. The van der Waals surface area contributed by atoms with Gasteiger partial charge < -0.3 is 20.5 Å². The Morgan fingerprint density at radius 2 is 2.37 bits per heavy atom. The fourth-order valence-electron chi connectivity index (χ4n) is 2.07. The zero-order valence-electron chi connectivity index (χ0n) is 11.1. The molecule has 0 spiro atoms. The molecule has 1 aliphatic rings. The molecule has 5 heteroatoms. The summed E-state index contributed by atoms with van der Waals surface area (Å²) in [4.78, 5) is 11.9. The second-order valence-electron chi connectivity index (χ2n) is 4.61. The van der Waals surface area contributed by atoms with Crippen LogP contribution in [0.3, 0.4) is 0 Å². The van der Waals surface area contributed by atoms with Crippen molar-refractivity contribution in [3.63, 3.8) is 0 Å². The van der Waals surface area contributed by atoms with Crippen LogP contribution in [0.2, 0.25) is 0 Å². The lowest BCUT2D eigenvalue weighted by Crippen LogP contribution is -2.40. The normalized spacial score (nSPS) is 22.2. The van der Waals surface area contributed by atoms with Gasteiger partial charge in [-0.25, -0.2) is 0 Å². The number of rotatable bonds is 5. The summed E-state index contributed by atoms with van der Waals surface area (Å²) in [7, 11) is 0. The average molecular weight is 264 g/mol. The van der Waals surface area contributed by atoms with Crippen LogP contribution in [-0.4, -0.2) is 31.8 Å². The van der Waals surface area contributed by atoms with Gasteiger partial charge in [-0.3, -0.25) is 4.79 Å². The van der Waals surface area contributed by atoms with E-state index in [4.69, 9.17) is 15.2 Å². The summed E-state index contributed by atoms with van der Waals surface area (Å²) >= 11 is 0. The highest BCUT2D eigenvalue weighted by molar-refractivity contribution is 5.79. The van der Waals surface area contributed by atoms with E-state index in [0.717, 1.165) is 11.3 Å². The molecule has 1 aromatic carbocycles. The molecule has 0 aromatic heterocycles. The largest absolute Gasteiger partial charge is 0.494 e. The molecule has 19 heavy (non-hydrogen) atoms. The van der Waals surface area contributed by atoms with Crippen LogP contribution in [0.15, 0.2) is 24.3 Å². The van der Waals surface area contributed by atoms with E-state index in [1.54, 1.807) is 0 Å². The lowest BCUT2D eigenvalue weighted by molar-refractivity contribution is -0.125. The van der Waals surface area contributed by atoms with Gasteiger partial charge in [-0.05, 0) is 24.6 Å². The van der Waals surface area contributed by atoms with Crippen LogP contribution in [-0.2, 0) is 16.1 Å². The van der Waals surface area contributed by atoms with Gasteiger partial charge in [0.25, 0.3) is 0 Å². The van der Waals surface area contributed by atoms with Crippen LogP contribution < -0.4 is 15.8 Å². The number of carbonyl (C=O) groups is 1. The van der Waals surface area contributed by atoms with Gasteiger partial charge in [0.1, 0.15) is 5.75 Å². The molecule has 2 atom stereocenters. The number of hydrogen-bond acceptors (Lipinski definition) is 4. The Morgan fingerprint density at radius 3 is 3.05 bits per heavy atom. The van der Waals surface area contributed by atoms with Crippen molar-refractivity contribution in [2.75, 3.05) is 19.8 Å². The first kappa shape index (κ1) is 13.8. The Bertz CT molecular complexity index is 436. The maximum Gasteiger partial charge on any atom is 0.227 e. The van der Waals surface area contributed by atoms with Crippen LogP contribution in [0.5, 0.6) is 5.75 Å². The first-order valence-electron chi connectivity index (χ1n) is 6.53. The number of nitrogens with one attached hydrogen (secondary N) is 1. The van der Waals surface area contributed by atoms with E-state index in [2.05, 4.69) is 5.32 Å². The highest BCUT2D eigenvalue weighted by Crippen LogP contribution is 2.14. The highest BCUT2D eigenvalue weighted by atomic mass is 16.5. The smallest absolute Gasteiger partial charge is 0.227 e. The Labute approximate surface area is 113 Å². The van der Waals surface area contributed by atoms with Crippen LogP contribution in [0.25, 0.3) is 0 Å². The van der Waals surface area contributed by atoms with Gasteiger partial charge in [-0.2, -0.15) is 0 Å². The standard InChI is InChI=1S/C14H20N2O3/c1-2-19-11-5-3-4-10(6-11)7-16-14(17)12-8-18-9-13(12)15/h3-6,12-13H,2,7-9,15H2,1H3,(H,16,17). The molecule has 1 aromatic rings. The number of amides is 1. The maximum atomic E-state index is 11.9. The first-order chi connectivity index (χ1) is 9.20. The Morgan fingerprint density at radius 1 is 1.53 bits per heavy atom. The molecule has 1 fully saturated rings. The quantitative estimate of drug-likeness (QED) is 0.820. The zero-order chi connectivity index (χ0) is 13.7. The minimum atomic E-state index is -0.241. The second-order valence-corrected chi connectivity index (χ2v) is 4.61. The number of ether oxygens (including phenoxy) is 2. The molecule has 1 amide bonds. The summed E-state index contributed by atoms with van der Waals surface area (Å²) in [5.74, 6) is 0.525. The van der Waals surface area contributed by atoms with E-state index in [-0.39, 0.29) is 17.9 Å². The predicted molar refractivity (Wildman–Crippen MR) is 71.7 cm³/mol. The summed E-state index contributed by atoms with van der Waals surface area (Å²) in [5, 5.41) is 2.89. The van der Waals surface area contributed by atoms with Gasteiger partial charge >= 0.3 is 0 Å². The SMILES string of the molecule is CCOc1cccc(CNC(=O)C2COCC2N)c1. The first-order valence-corrected chi connectivity index (χ1v) is 6.53. The molecule has 104 valence electrons. The van der Waals surface area contributed by atoms with Crippen molar-refractivity contribution in [3.8, 4) is 5.75 Å². The van der Waals surface area contributed by atoms with Crippen molar-refractivity contribution in [2.24, 2.45) is 11.7 Å². The summed E-state index contributed by atoms with van der Waals surface area (Å²) in [6.07, 6.45) is 0. The molecular weight excluding hydrogens is 244 g/mol. The van der Waals surface area contributed by atoms with Gasteiger partial charge in [0.15, 0.2) is 0 Å². The highest BCUT2D eigenvalue weighted by Gasteiger charge is 2.30. The third-order valence-corrected chi connectivity index (χ3v) is 3.14. The molecule has 2 rings (SSSR count). The van der Waals surface area contributed by atoms with Gasteiger partial charge in [-0.1, -0.05) is 12.1 Å². The molecule has 0 saturated carbocycles. The molecule has 1 heterocycles. The molecule has 0 radical (unpaired) electrons. The summed E-state index contributed by atoms with van der Waals surface area (Å²) < 4.78 is 10.6. The predicted octanol–water partition coefficient (Wildman–Crippen LogP) is 0.675. The molecular formula is C14H20N2O3. The number of benzene rings is 1. The van der Waals surface area contributed by atoms with E-state index in [1.807, 2.05) is 31.2 Å². The Hall–Kier alpha value is -1.59. The Balaban J connectivity index is 1.87. The molecule has 5 nitrogen and oxygen atoms in total. The third kappa shape index (κ3) is 3.68. The average Bonchev–Trinajstić information content (AvgIpc) is 2.83. The fourth-order valence-corrected chi connectivity index (χ4v) is 2.07. The molecule has 0 aliphatic carbocycles. The van der Waals surface area contributed by atoms with E-state index in [1.165, 1.54) is 0 Å². The van der Waals surface area contributed by atoms with Crippen molar-refractivity contribution in [3.05, 3.63) is 29.8 Å². The minimum Gasteiger partial charge on any atom is -0.494 e.